The zero-order chi connectivity index (χ0) is 13.1. The third kappa shape index (κ3) is 1.33. The number of nitrogens with one attached hydrogen (secondary N) is 1. The first-order valence-electron chi connectivity index (χ1n) is 5.82. The Bertz CT molecular complexity index is 515. The topological polar surface area (TPSA) is 75.2 Å². The molecule has 3 rings (SSSR count). The van der Waals surface area contributed by atoms with Crippen molar-refractivity contribution in [1.29, 1.82) is 0 Å². The minimum Gasteiger partial charge on any atom is -0.377 e. The molecule has 1 aromatic heterocycles. The fourth-order valence-electron chi connectivity index (χ4n) is 2.81. The van der Waals surface area contributed by atoms with Gasteiger partial charge in [0, 0.05) is 18.6 Å². The number of rotatable bonds is 3. The first kappa shape index (κ1) is 11.6. The molecule has 2 atom stereocenters. The second-order valence-corrected chi connectivity index (χ2v) is 6.09. The Kier molecular flexibility index (Phi) is 2.25. The van der Waals surface area contributed by atoms with Gasteiger partial charge >= 0.3 is 0 Å². The average molecular weight is 266 g/mol. The highest BCUT2D eigenvalue weighted by molar-refractivity contribution is 7.10. The predicted octanol–water partition coefficient (Wildman–Crippen LogP) is 0.721. The van der Waals surface area contributed by atoms with Crippen LogP contribution in [-0.2, 0) is 16.1 Å². The van der Waals surface area contributed by atoms with Crippen molar-refractivity contribution in [2.24, 2.45) is 17.3 Å². The van der Waals surface area contributed by atoms with Crippen molar-refractivity contribution in [3.63, 3.8) is 0 Å². The van der Waals surface area contributed by atoms with Crippen molar-refractivity contribution in [3.8, 4) is 0 Å². The number of fused-ring (bicyclic) bond motifs is 1. The van der Waals surface area contributed by atoms with Gasteiger partial charge in [-0.3, -0.25) is 14.5 Å². The van der Waals surface area contributed by atoms with Crippen LogP contribution in [-0.4, -0.2) is 33.3 Å². The lowest BCUT2D eigenvalue weighted by molar-refractivity contribution is -0.143. The molecule has 1 saturated heterocycles. The molecule has 96 valence electrons. The Morgan fingerprint density at radius 1 is 1.33 bits per heavy atom. The van der Waals surface area contributed by atoms with E-state index in [0.29, 0.717) is 5.69 Å². The number of hydrogen-bond donors (Lipinski definition) is 1. The van der Waals surface area contributed by atoms with Crippen molar-refractivity contribution in [2.75, 3.05) is 12.4 Å². The third-order valence-electron chi connectivity index (χ3n) is 3.98. The molecule has 1 aromatic rings. The standard InChI is InChI=1S/C11H14N4O2S/c1-11(2)6-7(11)10(17)15(9(6)16)4-5-8(12-3)18-14-13-5/h6-7,12H,4H2,1-3H3. The van der Waals surface area contributed by atoms with Gasteiger partial charge in [-0.2, -0.15) is 0 Å². The fourth-order valence-corrected chi connectivity index (χ4v) is 3.33. The van der Waals surface area contributed by atoms with Gasteiger partial charge in [0.2, 0.25) is 11.8 Å². The van der Waals surface area contributed by atoms with Crippen LogP contribution in [0.2, 0.25) is 0 Å². The number of amides is 2. The zero-order valence-electron chi connectivity index (χ0n) is 10.4. The highest BCUT2D eigenvalue weighted by Gasteiger charge is 2.72. The highest BCUT2D eigenvalue weighted by atomic mass is 32.1. The van der Waals surface area contributed by atoms with Crippen LogP contribution in [0.15, 0.2) is 0 Å². The van der Waals surface area contributed by atoms with E-state index in [0.717, 1.165) is 5.00 Å². The Balaban J connectivity index is 1.80. The molecule has 2 unspecified atom stereocenters. The van der Waals surface area contributed by atoms with E-state index in [4.69, 9.17) is 0 Å². The van der Waals surface area contributed by atoms with Gasteiger partial charge in [0.25, 0.3) is 0 Å². The van der Waals surface area contributed by atoms with E-state index in [1.807, 2.05) is 13.8 Å². The van der Waals surface area contributed by atoms with E-state index < -0.39 is 0 Å². The lowest BCUT2D eigenvalue weighted by atomic mass is 10.1. The quantitative estimate of drug-likeness (QED) is 0.816. The smallest absolute Gasteiger partial charge is 0.234 e. The molecule has 1 N–H and O–H groups in total. The van der Waals surface area contributed by atoms with Gasteiger partial charge in [-0.15, -0.1) is 5.10 Å². The molecular weight excluding hydrogens is 252 g/mol. The van der Waals surface area contributed by atoms with E-state index in [1.54, 1.807) is 7.05 Å². The molecule has 1 aliphatic carbocycles. The second-order valence-electron chi connectivity index (χ2n) is 5.34. The minimum atomic E-state index is -0.156. The average Bonchev–Trinajstić information content (AvgIpc) is 2.65. The van der Waals surface area contributed by atoms with Crippen LogP contribution in [0.25, 0.3) is 0 Å². The summed E-state index contributed by atoms with van der Waals surface area (Å²) >= 11 is 1.23. The van der Waals surface area contributed by atoms with Crippen LogP contribution < -0.4 is 5.32 Å². The highest BCUT2D eigenvalue weighted by Crippen LogP contribution is 2.63. The summed E-state index contributed by atoms with van der Waals surface area (Å²) in [6.07, 6.45) is 0. The van der Waals surface area contributed by atoms with Crippen LogP contribution in [0.1, 0.15) is 19.5 Å². The molecule has 2 fully saturated rings. The number of piperidine rings is 1. The number of aromatic nitrogens is 2. The van der Waals surface area contributed by atoms with E-state index in [-0.39, 0.29) is 35.6 Å². The number of imide groups is 1. The Morgan fingerprint density at radius 3 is 2.50 bits per heavy atom. The molecule has 2 amide bonds. The van der Waals surface area contributed by atoms with Crippen LogP contribution in [0.4, 0.5) is 5.00 Å². The van der Waals surface area contributed by atoms with E-state index in [9.17, 15) is 9.59 Å². The third-order valence-corrected chi connectivity index (χ3v) is 4.77. The lowest BCUT2D eigenvalue weighted by Gasteiger charge is -2.19. The summed E-state index contributed by atoms with van der Waals surface area (Å²) in [5.74, 6) is -0.389. The molecule has 7 heteroatoms. The maximum Gasteiger partial charge on any atom is 0.234 e. The van der Waals surface area contributed by atoms with Gasteiger partial charge in [-0.05, 0) is 5.41 Å². The van der Waals surface area contributed by atoms with Crippen LogP contribution in [0.5, 0.6) is 0 Å². The molecule has 0 bridgehead atoms. The zero-order valence-corrected chi connectivity index (χ0v) is 11.2. The predicted molar refractivity (Wildman–Crippen MR) is 65.8 cm³/mol. The normalized spacial score (nSPS) is 28.5. The number of nitrogens with zero attached hydrogens (tertiary/aromatic N) is 3. The Labute approximate surface area is 109 Å². The first-order chi connectivity index (χ1) is 8.48. The van der Waals surface area contributed by atoms with Gasteiger partial charge in [0.1, 0.15) is 10.7 Å². The maximum absolute atomic E-state index is 12.1. The number of likely N-dealkylation sites (tertiary alicyclic amines) is 1. The van der Waals surface area contributed by atoms with Crippen molar-refractivity contribution in [3.05, 3.63) is 5.69 Å². The largest absolute Gasteiger partial charge is 0.377 e. The van der Waals surface area contributed by atoms with Crippen LogP contribution in [0, 0.1) is 17.3 Å². The lowest BCUT2D eigenvalue weighted by Crippen LogP contribution is -2.35. The maximum atomic E-state index is 12.1. The summed E-state index contributed by atoms with van der Waals surface area (Å²) in [5.41, 5.74) is 0.500. The fraction of sp³-hybridized carbons (Fsp3) is 0.636. The molecular formula is C11H14N4O2S. The molecule has 1 saturated carbocycles. The number of hydrogen-bond acceptors (Lipinski definition) is 6. The van der Waals surface area contributed by atoms with Crippen molar-refractivity contribution >= 4 is 28.3 Å². The van der Waals surface area contributed by atoms with Crippen molar-refractivity contribution in [2.45, 2.75) is 20.4 Å². The summed E-state index contributed by atoms with van der Waals surface area (Å²) in [7, 11) is 1.77. The SMILES string of the molecule is CNc1snnc1CN1C(=O)C2C(C1=O)C2(C)C. The van der Waals surface area contributed by atoms with E-state index in [2.05, 4.69) is 14.9 Å². The number of anilines is 1. The van der Waals surface area contributed by atoms with Gasteiger partial charge in [-0.1, -0.05) is 18.3 Å². The summed E-state index contributed by atoms with van der Waals surface area (Å²) in [6.45, 7) is 4.17. The molecule has 2 heterocycles. The Morgan fingerprint density at radius 2 is 1.94 bits per heavy atom. The van der Waals surface area contributed by atoms with Crippen LogP contribution >= 0.6 is 11.5 Å². The molecule has 6 nitrogen and oxygen atoms in total. The molecule has 0 aromatic carbocycles. The minimum absolute atomic E-state index is 0.0648. The summed E-state index contributed by atoms with van der Waals surface area (Å²) in [4.78, 5) is 25.6. The number of carbonyl (C=O) groups excluding carboxylic acids is 2. The van der Waals surface area contributed by atoms with E-state index in [1.165, 1.54) is 16.4 Å². The molecule has 1 aliphatic heterocycles. The Hall–Kier alpha value is -1.50. The van der Waals surface area contributed by atoms with Crippen molar-refractivity contribution in [1.82, 2.24) is 14.5 Å². The first-order valence-corrected chi connectivity index (χ1v) is 6.60. The molecule has 18 heavy (non-hydrogen) atoms. The van der Waals surface area contributed by atoms with Crippen molar-refractivity contribution < 1.29 is 9.59 Å². The van der Waals surface area contributed by atoms with Gasteiger partial charge < -0.3 is 5.32 Å². The molecule has 2 aliphatic rings. The summed E-state index contributed by atoms with van der Waals surface area (Å²) < 4.78 is 3.82. The monoisotopic (exact) mass is 266 g/mol. The molecule has 0 radical (unpaired) electrons. The summed E-state index contributed by atoms with van der Waals surface area (Å²) in [5, 5.41) is 7.72. The molecule has 0 spiro atoms. The van der Waals surface area contributed by atoms with Gasteiger partial charge in [0.15, 0.2) is 0 Å². The van der Waals surface area contributed by atoms with E-state index >= 15 is 0 Å². The van der Waals surface area contributed by atoms with Gasteiger partial charge in [0.05, 0.1) is 18.4 Å². The number of carbonyl (C=O) groups is 2. The van der Waals surface area contributed by atoms with Gasteiger partial charge in [-0.25, -0.2) is 0 Å². The second kappa shape index (κ2) is 3.50. The summed E-state index contributed by atoms with van der Waals surface area (Å²) in [6, 6.07) is 0. The van der Waals surface area contributed by atoms with Crippen LogP contribution in [0.3, 0.4) is 0 Å².